The quantitative estimate of drug-likeness (QED) is 0.715. The molecule has 1 saturated carbocycles. The van der Waals surface area contributed by atoms with Gasteiger partial charge in [0.25, 0.3) is 5.91 Å². The summed E-state index contributed by atoms with van der Waals surface area (Å²) in [5.74, 6) is -3.18. The fourth-order valence-electron chi connectivity index (χ4n) is 4.63. The first-order chi connectivity index (χ1) is 12.0. The standard InChI is InChI=1S/C18H20N2O4S/c19-15(21)14-10-3-1-2-4-11(10)25-17(14)20-16(22)12-8-5-6-9(7-8)13(12)18(23)24/h5-6,8-9,12-13H,1-4,7H2,(H2,19,21)(H,20,22)(H,23,24)/t8-,9-,12+,13+/m1/s1. The van der Waals surface area contributed by atoms with Gasteiger partial charge in [0.05, 0.1) is 17.4 Å². The summed E-state index contributed by atoms with van der Waals surface area (Å²) >= 11 is 1.41. The number of hydrogen-bond acceptors (Lipinski definition) is 4. The van der Waals surface area contributed by atoms with Crippen molar-refractivity contribution in [2.75, 3.05) is 5.32 Å². The number of primary amides is 1. The van der Waals surface area contributed by atoms with Crippen LogP contribution in [0, 0.1) is 23.7 Å². The van der Waals surface area contributed by atoms with Crippen LogP contribution in [0.3, 0.4) is 0 Å². The molecule has 0 aromatic carbocycles. The van der Waals surface area contributed by atoms with Gasteiger partial charge in [-0.15, -0.1) is 11.3 Å². The zero-order valence-corrected chi connectivity index (χ0v) is 14.5. The minimum atomic E-state index is -0.933. The van der Waals surface area contributed by atoms with Gasteiger partial charge in [0.1, 0.15) is 5.00 Å². The van der Waals surface area contributed by atoms with E-state index in [4.69, 9.17) is 5.73 Å². The summed E-state index contributed by atoms with van der Waals surface area (Å²) in [7, 11) is 0. The molecule has 0 radical (unpaired) electrons. The van der Waals surface area contributed by atoms with Crippen molar-refractivity contribution in [2.45, 2.75) is 32.1 Å². The summed E-state index contributed by atoms with van der Waals surface area (Å²) < 4.78 is 0. The number of thiophene rings is 1. The normalized spacial score (nSPS) is 29.4. The van der Waals surface area contributed by atoms with Crippen LogP contribution in [-0.4, -0.2) is 22.9 Å². The Morgan fingerprint density at radius 3 is 2.48 bits per heavy atom. The molecule has 1 aromatic heterocycles. The van der Waals surface area contributed by atoms with E-state index in [0.717, 1.165) is 36.1 Å². The number of rotatable bonds is 4. The maximum Gasteiger partial charge on any atom is 0.307 e. The molecule has 25 heavy (non-hydrogen) atoms. The summed E-state index contributed by atoms with van der Waals surface area (Å²) in [5.41, 5.74) is 6.93. The van der Waals surface area contributed by atoms with Gasteiger partial charge in [0.2, 0.25) is 5.91 Å². The highest BCUT2D eigenvalue weighted by atomic mass is 32.1. The summed E-state index contributed by atoms with van der Waals surface area (Å²) in [6.45, 7) is 0. The Bertz CT molecular complexity index is 797. The fourth-order valence-corrected chi connectivity index (χ4v) is 5.92. The van der Waals surface area contributed by atoms with Crippen LogP contribution in [0.4, 0.5) is 5.00 Å². The van der Waals surface area contributed by atoms with E-state index in [2.05, 4.69) is 5.32 Å². The summed E-state index contributed by atoms with van der Waals surface area (Å²) in [5, 5.41) is 12.8. The van der Waals surface area contributed by atoms with Gasteiger partial charge in [0.15, 0.2) is 0 Å². The predicted octanol–water partition coefficient (Wildman–Crippen LogP) is 2.19. The SMILES string of the molecule is NC(=O)c1c(NC(=O)[C@@H]2[C@@H](C(=O)O)[C@@H]3C=C[C@@H]2C3)sc2c1CCCC2. The number of carboxylic acids is 1. The van der Waals surface area contributed by atoms with Crippen LogP contribution >= 0.6 is 11.3 Å². The Labute approximate surface area is 149 Å². The molecule has 4 atom stereocenters. The van der Waals surface area contributed by atoms with Gasteiger partial charge in [-0.1, -0.05) is 12.2 Å². The Morgan fingerprint density at radius 2 is 1.80 bits per heavy atom. The lowest BCUT2D eigenvalue weighted by atomic mass is 9.82. The zero-order valence-electron chi connectivity index (χ0n) is 13.7. The molecule has 6 nitrogen and oxygen atoms in total. The molecule has 132 valence electrons. The summed E-state index contributed by atoms with van der Waals surface area (Å²) in [6, 6.07) is 0. The van der Waals surface area contributed by atoms with Gasteiger partial charge in [-0.3, -0.25) is 14.4 Å². The number of carbonyl (C=O) groups excluding carboxylic acids is 2. The first kappa shape index (κ1) is 16.3. The van der Waals surface area contributed by atoms with Crippen LogP contribution in [0.15, 0.2) is 12.2 Å². The molecule has 0 unspecified atom stereocenters. The van der Waals surface area contributed by atoms with E-state index in [0.29, 0.717) is 17.0 Å². The van der Waals surface area contributed by atoms with Crippen molar-refractivity contribution in [1.82, 2.24) is 0 Å². The van der Waals surface area contributed by atoms with Crippen molar-refractivity contribution in [3.05, 3.63) is 28.2 Å². The summed E-state index contributed by atoms with van der Waals surface area (Å²) in [4.78, 5) is 37.5. The van der Waals surface area contributed by atoms with Crippen LogP contribution in [0.2, 0.25) is 0 Å². The third kappa shape index (κ3) is 2.57. The maximum absolute atomic E-state index is 12.9. The Balaban J connectivity index is 1.63. The minimum absolute atomic E-state index is 0.0438. The first-order valence-corrected chi connectivity index (χ1v) is 9.45. The molecule has 7 heteroatoms. The van der Waals surface area contributed by atoms with Crippen LogP contribution in [0.25, 0.3) is 0 Å². The molecule has 3 aliphatic rings. The fraction of sp³-hybridized carbons (Fsp3) is 0.500. The van der Waals surface area contributed by atoms with E-state index >= 15 is 0 Å². The van der Waals surface area contributed by atoms with Gasteiger partial charge < -0.3 is 16.2 Å². The van der Waals surface area contributed by atoms with E-state index < -0.39 is 23.7 Å². The number of anilines is 1. The number of aliphatic carboxylic acids is 1. The lowest BCUT2D eigenvalue weighted by Gasteiger charge is -2.23. The van der Waals surface area contributed by atoms with E-state index in [-0.39, 0.29) is 17.7 Å². The average Bonchev–Trinajstić information content (AvgIpc) is 3.25. The highest BCUT2D eigenvalue weighted by Crippen LogP contribution is 2.49. The van der Waals surface area contributed by atoms with Crippen molar-refractivity contribution >= 4 is 34.1 Å². The molecule has 1 aromatic rings. The Hall–Kier alpha value is -2.15. The lowest BCUT2D eigenvalue weighted by molar-refractivity contribution is -0.146. The monoisotopic (exact) mass is 360 g/mol. The molecule has 0 aliphatic heterocycles. The molecule has 1 heterocycles. The van der Waals surface area contributed by atoms with Crippen molar-refractivity contribution in [1.29, 1.82) is 0 Å². The van der Waals surface area contributed by atoms with Crippen LogP contribution in [-0.2, 0) is 22.4 Å². The van der Waals surface area contributed by atoms with Crippen molar-refractivity contribution in [3.63, 3.8) is 0 Å². The van der Waals surface area contributed by atoms with E-state index in [1.165, 1.54) is 11.3 Å². The molecule has 0 spiro atoms. The first-order valence-electron chi connectivity index (χ1n) is 8.63. The van der Waals surface area contributed by atoms with E-state index in [9.17, 15) is 19.5 Å². The molecule has 4 rings (SSSR count). The maximum atomic E-state index is 12.9. The predicted molar refractivity (Wildman–Crippen MR) is 93.5 cm³/mol. The van der Waals surface area contributed by atoms with Gasteiger partial charge in [-0.25, -0.2) is 0 Å². The molecular weight excluding hydrogens is 340 g/mol. The number of fused-ring (bicyclic) bond motifs is 3. The van der Waals surface area contributed by atoms with E-state index in [1.807, 2.05) is 12.2 Å². The number of allylic oxidation sites excluding steroid dienone is 2. The second kappa shape index (κ2) is 5.98. The number of carbonyl (C=O) groups is 3. The van der Waals surface area contributed by atoms with Crippen LogP contribution in [0.5, 0.6) is 0 Å². The van der Waals surface area contributed by atoms with Crippen molar-refractivity contribution in [2.24, 2.45) is 29.4 Å². The van der Waals surface area contributed by atoms with Gasteiger partial charge in [-0.05, 0) is 49.5 Å². The molecule has 3 aliphatic carbocycles. The zero-order chi connectivity index (χ0) is 17.7. The Kier molecular flexibility index (Phi) is 3.91. The topological polar surface area (TPSA) is 109 Å². The number of nitrogens with one attached hydrogen (secondary N) is 1. The van der Waals surface area contributed by atoms with E-state index in [1.54, 1.807) is 0 Å². The summed E-state index contributed by atoms with van der Waals surface area (Å²) in [6.07, 6.45) is 8.33. The van der Waals surface area contributed by atoms with Crippen molar-refractivity contribution in [3.8, 4) is 0 Å². The highest BCUT2D eigenvalue weighted by Gasteiger charge is 2.51. The molecule has 2 amide bonds. The lowest BCUT2D eigenvalue weighted by Crippen LogP contribution is -2.36. The van der Waals surface area contributed by atoms with Gasteiger partial charge in [0, 0.05) is 4.88 Å². The second-order valence-electron chi connectivity index (χ2n) is 7.11. The number of amides is 2. The van der Waals surface area contributed by atoms with Crippen LogP contribution < -0.4 is 11.1 Å². The van der Waals surface area contributed by atoms with Gasteiger partial charge in [-0.2, -0.15) is 0 Å². The third-order valence-electron chi connectivity index (χ3n) is 5.70. The number of hydrogen-bond donors (Lipinski definition) is 3. The molecule has 0 saturated heterocycles. The Morgan fingerprint density at radius 1 is 1.12 bits per heavy atom. The average molecular weight is 360 g/mol. The highest BCUT2D eigenvalue weighted by molar-refractivity contribution is 7.17. The molecule has 4 N–H and O–H groups in total. The largest absolute Gasteiger partial charge is 0.481 e. The number of aryl methyl sites for hydroxylation is 1. The smallest absolute Gasteiger partial charge is 0.307 e. The van der Waals surface area contributed by atoms with Gasteiger partial charge >= 0.3 is 5.97 Å². The molecular formula is C18H20N2O4S. The number of nitrogens with two attached hydrogens (primary N) is 1. The number of carboxylic acid groups (broad SMARTS) is 1. The second-order valence-corrected chi connectivity index (χ2v) is 8.21. The van der Waals surface area contributed by atoms with Crippen molar-refractivity contribution < 1.29 is 19.5 Å². The minimum Gasteiger partial charge on any atom is -0.481 e. The van der Waals surface area contributed by atoms with Crippen LogP contribution in [0.1, 0.15) is 40.1 Å². The third-order valence-corrected chi connectivity index (χ3v) is 6.91. The molecule has 1 fully saturated rings. The molecule has 2 bridgehead atoms.